The molecule has 0 spiro atoms. The summed E-state index contributed by atoms with van der Waals surface area (Å²) in [4.78, 5) is 16.0. The number of aromatic nitrogens is 2. The second-order valence-corrected chi connectivity index (χ2v) is 4.98. The molecule has 0 aromatic carbocycles. The predicted molar refractivity (Wildman–Crippen MR) is 70.3 cm³/mol. The van der Waals surface area contributed by atoms with Gasteiger partial charge in [-0.15, -0.1) is 0 Å². The maximum atomic E-state index is 11.9. The van der Waals surface area contributed by atoms with Crippen LogP contribution in [0.25, 0.3) is 0 Å². The van der Waals surface area contributed by atoms with Gasteiger partial charge in [0.2, 0.25) is 0 Å². The van der Waals surface area contributed by atoms with Gasteiger partial charge in [0.15, 0.2) is 5.82 Å². The first-order valence-corrected chi connectivity index (χ1v) is 6.80. The van der Waals surface area contributed by atoms with E-state index in [4.69, 9.17) is 0 Å². The van der Waals surface area contributed by atoms with Crippen LogP contribution in [-0.2, 0) is 6.54 Å². The smallest absolute Gasteiger partial charge is 0.293 e. The zero-order chi connectivity index (χ0) is 12.0. The molecule has 0 aliphatic heterocycles. The maximum absolute atomic E-state index is 11.9. The van der Waals surface area contributed by atoms with Crippen molar-refractivity contribution in [3.8, 4) is 0 Å². The standard InChI is InChI=1S/C11H19N3OS/c1-4-6-14-7-5-12-10(11(14)15)13-8-9(2)16-3/h5,7,9H,4,6,8H2,1-3H3,(H,12,13). The summed E-state index contributed by atoms with van der Waals surface area (Å²) in [5.41, 5.74) is -0.0300. The van der Waals surface area contributed by atoms with Gasteiger partial charge in [0.1, 0.15) is 0 Å². The fourth-order valence-corrected chi connectivity index (χ4v) is 1.56. The van der Waals surface area contributed by atoms with Crippen LogP contribution in [0.4, 0.5) is 5.82 Å². The molecule has 1 atom stereocenters. The van der Waals surface area contributed by atoms with Gasteiger partial charge < -0.3 is 9.88 Å². The topological polar surface area (TPSA) is 46.9 Å². The number of hydrogen-bond acceptors (Lipinski definition) is 4. The normalized spacial score (nSPS) is 12.4. The molecule has 1 heterocycles. The van der Waals surface area contributed by atoms with Gasteiger partial charge in [0.05, 0.1) is 0 Å². The largest absolute Gasteiger partial charge is 0.364 e. The molecule has 16 heavy (non-hydrogen) atoms. The van der Waals surface area contributed by atoms with Crippen molar-refractivity contribution in [1.29, 1.82) is 0 Å². The van der Waals surface area contributed by atoms with Crippen LogP contribution in [0.1, 0.15) is 20.3 Å². The minimum Gasteiger partial charge on any atom is -0.364 e. The zero-order valence-electron chi connectivity index (χ0n) is 10.1. The molecule has 0 fully saturated rings. The number of thioether (sulfide) groups is 1. The maximum Gasteiger partial charge on any atom is 0.293 e. The van der Waals surface area contributed by atoms with E-state index in [0.29, 0.717) is 11.1 Å². The minimum absolute atomic E-state index is 0.0300. The molecule has 1 unspecified atom stereocenters. The average Bonchev–Trinajstić information content (AvgIpc) is 2.30. The van der Waals surface area contributed by atoms with E-state index in [1.54, 1.807) is 28.7 Å². The van der Waals surface area contributed by atoms with Crippen molar-refractivity contribution in [1.82, 2.24) is 9.55 Å². The van der Waals surface area contributed by atoms with Gasteiger partial charge in [0.25, 0.3) is 5.56 Å². The first-order chi connectivity index (χ1) is 7.69. The highest BCUT2D eigenvalue weighted by Crippen LogP contribution is 2.05. The lowest BCUT2D eigenvalue weighted by Crippen LogP contribution is -2.26. The lowest BCUT2D eigenvalue weighted by molar-refractivity contribution is 0.649. The van der Waals surface area contributed by atoms with Crippen LogP contribution in [-0.4, -0.2) is 27.6 Å². The lowest BCUT2D eigenvalue weighted by Gasteiger charge is -2.11. The molecule has 1 rings (SSSR count). The number of rotatable bonds is 6. The molecular weight excluding hydrogens is 222 g/mol. The number of anilines is 1. The highest BCUT2D eigenvalue weighted by Gasteiger charge is 2.05. The second kappa shape index (κ2) is 6.58. The summed E-state index contributed by atoms with van der Waals surface area (Å²) in [5.74, 6) is 0.455. The third kappa shape index (κ3) is 3.56. The van der Waals surface area contributed by atoms with Gasteiger partial charge in [-0.25, -0.2) is 4.98 Å². The third-order valence-electron chi connectivity index (χ3n) is 2.34. The third-order valence-corrected chi connectivity index (χ3v) is 3.31. The van der Waals surface area contributed by atoms with Crippen molar-refractivity contribution in [3.05, 3.63) is 22.7 Å². The second-order valence-electron chi connectivity index (χ2n) is 3.70. The van der Waals surface area contributed by atoms with Gasteiger partial charge in [-0.2, -0.15) is 11.8 Å². The Labute approximate surface area is 100 Å². The van der Waals surface area contributed by atoms with Gasteiger partial charge in [-0.05, 0) is 12.7 Å². The van der Waals surface area contributed by atoms with Crippen LogP contribution in [0.15, 0.2) is 17.2 Å². The first kappa shape index (κ1) is 13.1. The van der Waals surface area contributed by atoms with Crippen LogP contribution in [0.3, 0.4) is 0 Å². The summed E-state index contributed by atoms with van der Waals surface area (Å²) in [6, 6.07) is 0. The molecule has 5 heteroatoms. The summed E-state index contributed by atoms with van der Waals surface area (Å²) >= 11 is 1.77. The van der Waals surface area contributed by atoms with Crippen LogP contribution in [0.2, 0.25) is 0 Å². The molecule has 0 saturated heterocycles. The van der Waals surface area contributed by atoms with E-state index in [9.17, 15) is 4.79 Å². The molecule has 0 bridgehead atoms. The first-order valence-electron chi connectivity index (χ1n) is 5.51. The van der Waals surface area contributed by atoms with Crippen molar-refractivity contribution in [2.24, 2.45) is 0 Å². The summed E-state index contributed by atoms with van der Waals surface area (Å²) in [5, 5.41) is 3.57. The Morgan fingerprint density at radius 1 is 1.62 bits per heavy atom. The molecule has 1 aromatic rings. The summed E-state index contributed by atoms with van der Waals surface area (Å²) in [7, 11) is 0. The molecule has 1 aromatic heterocycles. The molecule has 4 nitrogen and oxygen atoms in total. The molecule has 0 aliphatic carbocycles. The quantitative estimate of drug-likeness (QED) is 0.825. The number of nitrogens with one attached hydrogen (secondary N) is 1. The Bertz CT molecular complexity index is 378. The zero-order valence-corrected chi connectivity index (χ0v) is 10.9. The number of nitrogens with zero attached hydrogens (tertiary/aromatic N) is 2. The van der Waals surface area contributed by atoms with Gasteiger partial charge in [0, 0.05) is 30.7 Å². The summed E-state index contributed by atoms with van der Waals surface area (Å²) in [6.07, 6.45) is 6.41. The highest BCUT2D eigenvalue weighted by molar-refractivity contribution is 7.99. The Balaban J connectivity index is 2.73. The molecule has 0 radical (unpaired) electrons. The minimum atomic E-state index is -0.0300. The van der Waals surface area contributed by atoms with Crippen molar-refractivity contribution >= 4 is 17.6 Å². The van der Waals surface area contributed by atoms with E-state index in [1.807, 2.05) is 0 Å². The van der Waals surface area contributed by atoms with E-state index >= 15 is 0 Å². The van der Waals surface area contributed by atoms with Crippen molar-refractivity contribution in [3.63, 3.8) is 0 Å². The van der Waals surface area contributed by atoms with Crippen LogP contribution in [0, 0.1) is 0 Å². The van der Waals surface area contributed by atoms with E-state index in [-0.39, 0.29) is 5.56 Å². The van der Waals surface area contributed by atoms with Crippen molar-refractivity contribution in [2.45, 2.75) is 32.1 Å². The number of aryl methyl sites for hydroxylation is 1. The SMILES string of the molecule is CCCn1ccnc(NCC(C)SC)c1=O. The van der Waals surface area contributed by atoms with E-state index in [1.165, 1.54) is 0 Å². The van der Waals surface area contributed by atoms with Crippen LogP contribution in [0.5, 0.6) is 0 Å². The lowest BCUT2D eigenvalue weighted by atomic mass is 10.4. The fourth-order valence-electron chi connectivity index (χ4n) is 1.31. The molecule has 1 N–H and O–H groups in total. The highest BCUT2D eigenvalue weighted by atomic mass is 32.2. The van der Waals surface area contributed by atoms with Gasteiger partial charge >= 0.3 is 0 Å². The molecule has 90 valence electrons. The Hall–Kier alpha value is -0.970. The molecule has 0 aliphatic rings. The Kier molecular flexibility index (Phi) is 5.38. The van der Waals surface area contributed by atoms with Crippen LogP contribution < -0.4 is 10.9 Å². The van der Waals surface area contributed by atoms with Gasteiger partial charge in [-0.3, -0.25) is 4.79 Å². The average molecular weight is 241 g/mol. The molecule has 0 amide bonds. The Morgan fingerprint density at radius 3 is 3.00 bits per heavy atom. The molecule has 0 saturated carbocycles. The number of hydrogen-bond donors (Lipinski definition) is 1. The van der Waals surface area contributed by atoms with E-state index in [2.05, 4.69) is 30.4 Å². The predicted octanol–water partition coefficient (Wildman–Crippen LogP) is 1.82. The molecular formula is C11H19N3OS. The van der Waals surface area contributed by atoms with Crippen molar-refractivity contribution < 1.29 is 0 Å². The fraction of sp³-hybridized carbons (Fsp3) is 0.636. The van der Waals surface area contributed by atoms with E-state index in [0.717, 1.165) is 19.5 Å². The Morgan fingerprint density at radius 2 is 2.38 bits per heavy atom. The van der Waals surface area contributed by atoms with Crippen molar-refractivity contribution in [2.75, 3.05) is 18.1 Å². The summed E-state index contributed by atoms with van der Waals surface area (Å²) < 4.78 is 1.69. The van der Waals surface area contributed by atoms with Crippen LogP contribution >= 0.6 is 11.8 Å². The monoisotopic (exact) mass is 241 g/mol. The summed E-state index contributed by atoms with van der Waals surface area (Å²) in [6.45, 7) is 5.68. The van der Waals surface area contributed by atoms with Gasteiger partial charge in [-0.1, -0.05) is 13.8 Å². The van der Waals surface area contributed by atoms with E-state index < -0.39 is 0 Å².